The van der Waals surface area contributed by atoms with E-state index in [1.54, 1.807) is 12.1 Å². The molecule has 0 radical (unpaired) electrons. The first-order chi connectivity index (χ1) is 8.36. The van der Waals surface area contributed by atoms with Gasteiger partial charge in [0.2, 0.25) is 0 Å². The van der Waals surface area contributed by atoms with Crippen LogP contribution in [0, 0.1) is 0 Å². The predicted octanol–water partition coefficient (Wildman–Crippen LogP) is 1.30. The third-order valence-corrected chi connectivity index (χ3v) is 4.11. The summed E-state index contributed by atoms with van der Waals surface area (Å²) in [4.78, 5) is 2.52. The van der Waals surface area contributed by atoms with Crippen LogP contribution in [0.1, 0.15) is 18.0 Å². The normalized spacial score (nSPS) is 13.8. The minimum Gasteiger partial charge on any atom is -0.320 e. The van der Waals surface area contributed by atoms with Crippen molar-refractivity contribution in [1.82, 2.24) is 10.2 Å². The molecule has 1 aromatic rings. The predicted molar refractivity (Wildman–Crippen MR) is 74.5 cm³/mol. The van der Waals surface area contributed by atoms with Crippen LogP contribution in [0.25, 0.3) is 0 Å². The van der Waals surface area contributed by atoms with Crippen molar-refractivity contribution in [2.75, 3.05) is 33.9 Å². The highest BCUT2D eigenvalue weighted by Gasteiger charge is 2.14. The molecule has 0 aliphatic carbocycles. The maximum absolute atomic E-state index is 11.4. The number of rotatable bonds is 6. The van der Waals surface area contributed by atoms with E-state index in [0.29, 0.717) is 10.9 Å². The summed E-state index contributed by atoms with van der Waals surface area (Å²) in [6.07, 6.45) is 2.22. The van der Waals surface area contributed by atoms with E-state index < -0.39 is 9.84 Å². The first-order valence-electron chi connectivity index (χ1n) is 5.97. The minimum atomic E-state index is -3.11. The van der Waals surface area contributed by atoms with Gasteiger partial charge in [0, 0.05) is 12.3 Å². The van der Waals surface area contributed by atoms with E-state index in [-0.39, 0.29) is 0 Å². The lowest BCUT2D eigenvalue weighted by atomic mass is 10.0. The standard InChI is InChI=1S/C13H22N2O2S/c1-14-10-9-13(15(2)3)11-5-7-12(8-6-11)18(4,16)17/h5-8,13-14H,9-10H2,1-4H3. The van der Waals surface area contributed by atoms with Gasteiger partial charge in [0.05, 0.1) is 4.90 Å². The van der Waals surface area contributed by atoms with E-state index in [0.717, 1.165) is 18.5 Å². The third kappa shape index (κ3) is 4.08. The lowest BCUT2D eigenvalue weighted by molar-refractivity contribution is 0.283. The number of nitrogens with zero attached hydrogens (tertiary/aromatic N) is 1. The van der Waals surface area contributed by atoms with Crippen LogP contribution in [0.15, 0.2) is 29.2 Å². The Labute approximate surface area is 110 Å². The van der Waals surface area contributed by atoms with Crippen LogP contribution in [0.4, 0.5) is 0 Å². The van der Waals surface area contributed by atoms with Gasteiger partial charge in [-0.1, -0.05) is 12.1 Å². The Morgan fingerprint density at radius 1 is 1.22 bits per heavy atom. The summed E-state index contributed by atoms with van der Waals surface area (Å²) >= 11 is 0. The zero-order valence-electron chi connectivity index (χ0n) is 11.5. The van der Waals surface area contributed by atoms with Crippen LogP contribution in [0.5, 0.6) is 0 Å². The molecular weight excluding hydrogens is 248 g/mol. The molecule has 1 unspecified atom stereocenters. The molecule has 102 valence electrons. The molecule has 4 nitrogen and oxygen atoms in total. The zero-order chi connectivity index (χ0) is 13.8. The number of nitrogens with one attached hydrogen (secondary N) is 1. The highest BCUT2D eigenvalue weighted by Crippen LogP contribution is 2.22. The average molecular weight is 270 g/mol. The molecule has 0 fully saturated rings. The lowest BCUT2D eigenvalue weighted by Crippen LogP contribution is -2.23. The van der Waals surface area contributed by atoms with Crippen LogP contribution < -0.4 is 5.32 Å². The molecule has 1 N–H and O–H groups in total. The third-order valence-electron chi connectivity index (χ3n) is 2.98. The second-order valence-corrected chi connectivity index (χ2v) is 6.73. The van der Waals surface area contributed by atoms with Crippen molar-refractivity contribution in [3.05, 3.63) is 29.8 Å². The van der Waals surface area contributed by atoms with E-state index in [1.165, 1.54) is 6.26 Å². The lowest BCUT2D eigenvalue weighted by Gasteiger charge is -2.24. The van der Waals surface area contributed by atoms with Crippen molar-refractivity contribution in [2.45, 2.75) is 17.4 Å². The SMILES string of the molecule is CNCCC(c1ccc(S(C)(=O)=O)cc1)N(C)C. The topological polar surface area (TPSA) is 49.4 Å². The van der Waals surface area contributed by atoms with Gasteiger partial charge in [-0.3, -0.25) is 0 Å². The molecule has 0 aliphatic rings. The van der Waals surface area contributed by atoms with Gasteiger partial charge >= 0.3 is 0 Å². The Hall–Kier alpha value is -0.910. The summed E-state index contributed by atoms with van der Waals surface area (Å²) in [5, 5.41) is 3.14. The van der Waals surface area contributed by atoms with Gasteiger partial charge < -0.3 is 10.2 Å². The van der Waals surface area contributed by atoms with Crippen molar-refractivity contribution >= 4 is 9.84 Å². The van der Waals surface area contributed by atoms with Crippen molar-refractivity contribution in [3.8, 4) is 0 Å². The maximum Gasteiger partial charge on any atom is 0.175 e. The number of hydrogen-bond acceptors (Lipinski definition) is 4. The van der Waals surface area contributed by atoms with Gasteiger partial charge in [-0.15, -0.1) is 0 Å². The highest BCUT2D eigenvalue weighted by atomic mass is 32.2. The van der Waals surface area contributed by atoms with Gasteiger partial charge in [-0.25, -0.2) is 8.42 Å². The molecular formula is C13H22N2O2S. The van der Waals surface area contributed by atoms with Crippen molar-refractivity contribution < 1.29 is 8.42 Å². The van der Waals surface area contributed by atoms with Crippen LogP contribution in [0.3, 0.4) is 0 Å². The monoisotopic (exact) mass is 270 g/mol. The summed E-state index contributed by atoms with van der Waals surface area (Å²) in [7, 11) is 2.89. The largest absolute Gasteiger partial charge is 0.320 e. The number of hydrogen-bond donors (Lipinski definition) is 1. The van der Waals surface area contributed by atoms with Gasteiger partial charge in [0.1, 0.15) is 0 Å². The molecule has 1 rings (SSSR count). The Kier molecular flexibility index (Phi) is 5.31. The van der Waals surface area contributed by atoms with Crippen LogP contribution in [-0.2, 0) is 9.84 Å². The fourth-order valence-electron chi connectivity index (χ4n) is 1.94. The average Bonchev–Trinajstić information content (AvgIpc) is 2.28. The molecule has 0 amide bonds. The van der Waals surface area contributed by atoms with E-state index in [2.05, 4.69) is 10.2 Å². The highest BCUT2D eigenvalue weighted by molar-refractivity contribution is 7.90. The smallest absolute Gasteiger partial charge is 0.175 e. The fourth-order valence-corrected chi connectivity index (χ4v) is 2.57. The zero-order valence-corrected chi connectivity index (χ0v) is 12.3. The molecule has 18 heavy (non-hydrogen) atoms. The van der Waals surface area contributed by atoms with Crippen LogP contribution in [-0.4, -0.2) is 47.3 Å². The van der Waals surface area contributed by atoms with Crippen LogP contribution in [0.2, 0.25) is 0 Å². The summed E-state index contributed by atoms with van der Waals surface area (Å²) in [6.45, 7) is 0.927. The first-order valence-corrected chi connectivity index (χ1v) is 7.86. The van der Waals surface area contributed by atoms with Crippen LogP contribution >= 0.6 is 0 Å². The molecule has 0 saturated carbocycles. The summed E-state index contributed by atoms with van der Waals surface area (Å²) in [5.41, 5.74) is 1.14. The minimum absolute atomic E-state index is 0.297. The number of benzene rings is 1. The number of sulfone groups is 1. The van der Waals surface area contributed by atoms with E-state index >= 15 is 0 Å². The van der Waals surface area contributed by atoms with Crippen molar-refractivity contribution in [2.24, 2.45) is 0 Å². The quantitative estimate of drug-likeness (QED) is 0.846. The van der Waals surface area contributed by atoms with E-state index in [4.69, 9.17) is 0 Å². The van der Waals surface area contributed by atoms with Crippen molar-refractivity contribution in [1.29, 1.82) is 0 Å². The maximum atomic E-state index is 11.4. The molecule has 0 saturated heterocycles. The summed E-state index contributed by atoms with van der Waals surface area (Å²) in [5.74, 6) is 0. The second-order valence-electron chi connectivity index (χ2n) is 4.71. The Morgan fingerprint density at radius 2 is 1.78 bits per heavy atom. The van der Waals surface area contributed by atoms with E-state index in [9.17, 15) is 8.42 Å². The molecule has 0 heterocycles. The molecule has 0 spiro atoms. The Morgan fingerprint density at radius 3 is 2.17 bits per heavy atom. The van der Waals surface area contributed by atoms with Gasteiger partial charge in [-0.2, -0.15) is 0 Å². The second kappa shape index (κ2) is 6.31. The Balaban J connectivity index is 2.94. The van der Waals surface area contributed by atoms with Gasteiger partial charge in [0.15, 0.2) is 9.84 Å². The van der Waals surface area contributed by atoms with Gasteiger partial charge in [0.25, 0.3) is 0 Å². The molecule has 5 heteroatoms. The van der Waals surface area contributed by atoms with Crippen molar-refractivity contribution in [3.63, 3.8) is 0 Å². The van der Waals surface area contributed by atoms with E-state index in [1.807, 2.05) is 33.3 Å². The molecule has 0 bridgehead atoms. The van der Waals surface area contributed by atoms with Gasteiger partial charge in [-0.05, 0) is 51.8 Å². The Bertz CT molecular complexity index is 466. The molecule has 1 atom stereocenters. The molecule has 0 aliphatic heterocycles. The fraction of sp³-hybridized carbons (Fsp3) is 0.538. The summed E-state index contributed by atoms with van der Waals surface area (Å²) < 4.78 is 22.8. The molecule has 1 aromatic carbocycles. The summed E-state index contributed by atoms with van der Waals surface area (Å²) in [6, 6.07) is 7.46. The first kappa shape index (κ1) is 15.1. The molecule has 0 aromatic heterocycles.